The van der Waals surface area contributed by atoms with Gasteiger partial charge in [0.05, 0.1) is 11.7 Å². The van der Waals surface area contributed by atoms with E-state index in [1.165, 1.54) is 5.56 Å². The van der Waals surface area contributed by atoms with E-state index in [0.29, 0.717) is 0 Å². The third kappa shape index (κ3) is 1.54. The van der Waals surface area contributed by atoms with Crippen molar-refractivity contribution in [1.29, 1.82) is 0 Å². The van der Waals surface area contributed by atoms with E-state index in [9.17, 15) is 0 Å². The van der Waals surface area contributed by atoms with Crippen molar-refractivity contribution >= 4 is 17.1 Å². The van der Waals surface area contributed by atoms with Gasteiger partial charge >= 0.3 is 0 Å². The minimum atomic E-state index is 0.769. The monoisotopic (exact) mass is 194 g/mol. The van der Waals surface area contributed by atoms with E-state index in [2.05, 4.69) is 12.0 Å². The van der Waals surface area contributed by atoms with Crippen molar-refractivity contribution in [2.24, 2.45) is 0 Å². The maximum atomic E-state index is 5.91. The molecule has 0 saturated carbocycles. The molecule has 3 heteroatoms. The highest BCUT2D eigenvalue weighted by Crippen LogP contribution is 2.16. The molecular weight excluding hydrogens is 184 g/mol. The van der Waals surface area contributed by atoms with Gasteiger partial charge in [-0.2, -0.15) is 5.10 Å². The molecule has 0 amide bonds. The van der Waals surface area contributed by atoms with Gasteiger partial charge in [0.2, 0.25) is 0 Å². The van der Waals surface area contributed by atoms with Gasteiger partial charge in [-0.15, -0.1) is 0 Å². The second-order valence-corrected chi connectivity index (χ2v) is 3.53. The van der Waals surface area contributed by atoms with Crippen LogP contribution in [0.2, 0.25) is 5.02 Å². The maximum Gasteiger partial charge on any atom is 0.0708 e. The summed E-state index contributed by atoms with van der Waals surface area (Å²) in [6.45, 7) is 2.16. The second kappa shape index (κ2) is 3.38. The summed E-state index contributed by atoms with van der Waals surface area (Å²) in [5.74, 6) is 0. The standard InChI is InChI=1S/C10H11ClN2/c1-2-3-8-7-12-13-5-4-9(11)6-10(8)13/h4-7H,2-3H2,1H3. The topological polar surface area (TPSA) is 17.3 Å². The van der Waals surface area contributed by atoms with Crippen LogP contribution >= 0.6 is 11.6 Å². The van der Waals surface area contributed by atoms with Crippen molar-refractivity contribution in [3.8, 4) is 0 Å². The number of hydrogen-bond acceptors (Lipinski definition) is 1. The van der Waals surface area contributed by atoms with Crippen LogP contribution in [0.1, 0.15) is 18.9 Å². The van der Waals surface area contributed by atoms with Crippen molar-refractivity contribution in [2.45, 2.75) is 19.8 Å². The van der Waals surface area contributed by atoms with Crippen LogP contribution < -0.4 is 0 Å². The van der Waals surface area contributed by atoms with E-state index in [-0.39, 0.29) is 0 Å². The van der Waals surface area contributed by atoms with Gasteiger partial charge in [0.15, 0.2) is 0 Å². The van der Waals surface area contributed by atoms with Gasteiger partial charge in [-0.05, 0) is 24.1 Å². The molecule has 0 fully saturated rings. The molecule has 2 aromatic heterocycles. The van der Waals surface area contributed by atoms with Crippen LogP contribution in [0, 0.1) is 0 Å². The Morgan fingerprint density at radius 2 is 2.38 bits per heavy atom. The molecule has 2 heterocycles. The van der Waals surface area contributed by atoms with Crippen molar-refractivity contribution in [1.82, 2.24) is 9.61 Å². The van der Waals surface area contributed by atoms with Gasteiger partial charge < -0.3 is 0 Å². The average Bonchev–Trinajstić information content (AvgIpc) is 2.49. The summed E-state index contributed by atoms with van der Waals surface area (Å²) in [7, 11) is 0. The van der Waals surface area contributed by atoms with Crippen LogP contribution in [0.25, 0.3) is 5.52 Å². The average molecular weight is 195 g/mol. The van der Waals surface area contributed by atoms with Crippen LogP contribution in [0.15, 0.2) is 24.5 Å². The summed E-state index contributed by atoms with van der Waals surface area (Å²) in [6.07, 6.45) is 5.99. The molecule has 13 heavy (non-hydrogen) atoms. The molecule has 0 radical (unpaired) electrons. The third-order valence-electron chi connectivity index (χ3n) is 2.08. The summed E-state index contributed by atoms with van der Waals surface area (Å²) in [6, 6.07) is 3.80. The first-order valence-corrected chi connectivity index (χ1v) is 4.81. The Kier molecular flexibility index (Phi) is 2.23. The smallest absolute Gasteiger partial charge is 0.0708 e. The van der Waals surface area contributed by atoms with Gasteiger partial charge in [-0.3, -0.25) is 0 Å². The predicted molar refractivity (Wildman–Crippen MR) is 54.2 cm³/mol. The van der Waals surface area contributed by atoms with E-state index in [1.807, 2.05) is 29.0 Å². The first kappa shape index (κ1) is 8.57. The molecule has 2 rings (SSSR count). The highest BCUT2D eigenvalue weighted by molar-refractivity contribution is 6.30. The zero-order valence-electron chi connectivity index (χ0n) is 7.50. The third-order valence-corrected chi connectivity index (χ3v) is 2.32. The van der Waals surface area contributed by atoms with Crippen molar-refractivity contribution in [3.05, 3.63) is 35.1 Å². The molecule has 0 bridgehead atoms. The number of rotatable bonds is 2. The SMILES string of the molecule is CCCc1cnn2ccc(Cl)cc12. The Balaban J connectivity index is 2.58. The Morgan fingerprint density at radius 3 is 3.15 bits per heavy atom. The Morgan fingerprint density at radius 1 is 1.54 bits per heavy atom. The second-order valence-electron chi connectivity index (χ2n) is 3.09. The molecular formula is C10H11ClN2. The van der Waals surface area contributed by atoms with Crippen molar-refractivity contribution in [2.75, 3.05) is 0 Å². The lowest BCUT2D eigenvalue weighted by atomic mass is 10.2. The first-order valence-electron chi connectivity index (χ1n) is 4.43. The van der Waals surface area contributed by atoms with Gasteiger partial charge in [0.25, 0.3) is 0 Å². The lowest BCUT2D eigenvalue weighted by Crippen LogP contribution is -1.86. The number of aromatic nitrogens is 2. The molecule has 68 valence electrons. The summed E-state index contributed by atoms with van der Waals surface area (Å²) in [4.78, 5) is 0. The maximum absolute atomic E-state index is 5.91. The van der Waals surface area contributed by atoms with Crippen molar-refractivity contribution in [3.63, 3.8) is 0 Å². The predicted octanol–water partition coefficient (Wildman–Crippen LogP) is 2.94. The molecule has 2 aromatic rings. The fourth-order valence-corrected chi connectivity index (χ4v) is 1.63. The van der Waals surface area contributed by atoms with Gasteiger partial charge in [-0.1, -0.05) is 24.9 Å². The lowest BCUT2D eigenvalue weighted by molar-refractivity contribution is 0.929. The summed E-state index contributed by atoms with van der Waals surface area (Å²) in [5, 5.41) is 5.01. The van der Waals surface area contributed by atoms with Crippen LogP contribution in [0.4, 0.5) is 0 Å². The molecule has 0 saturated heterocycles. The van der Waals surface area contributed by atoms with Crippen LogP contribution in [0.5, 0.6) is 0 Å². The molecule has 0 aliphatic heterocycles. The van der Waals surface area contributed by atoms with E-state index in [1.54, 1.807) is 0 Å². The van der Waals surface area contributed by atoms with Gasteiger partial charge in [0.1, 0.15) is 0 Å². The van der Waals surface area contributed by atoms with Gasteiger partial charge in [-0.25, -0.2) is 4.52 Å². The molecule has 0 N–H and O–H groups in total. The molecule has 0 aromatic carbocycles. The van der Waals surface area contributed by atoms with Crippen LogP contribution in [-0.2, 0) is 6.42 Å². The zero-order valence-corrected chi connectivity index (χ0v) is 8.25. The normalized spacial score (nSPS) is 10.9. The minimum Gasteiger partial charge on any atom is -0.241 e. The first-order chi connectivity index (χ1) is 6.31. The van der Waals surface area contributed by atoms with Crippen LogP contribution in [-0.4, -0.2) is 9.61 Å². The van der Waals surface area contributed by atoms with E-state index in [4.69, 9.17) is 11.6 Å². The van der Waals surface area contributed by atoms with Gasteiger partial charge in [0, 0.05) is 11.2 Å². The molecule has 0 unspecified atom stereocenters. The van der Waals surface area contributed by atoms with E-state index >= 15 is 0 Å². The van der Waals surface area contributed by atoms with Crippen LogP contribution in [0.3, 0.4) is 0 Å². The largest absolute Gasteiger partial charge is 0.241 e. The molecule has 0 aliphatic carbocycles. The summed E-state index contributed by atoms with van der Waals surface area (Å²) >= 11 is 5.91. The highest BCUT2D eigenvalue weighted by Gasteiger charge is 2.02. The number of hydrogen-bond donors (Lipinski definition) is 0. The fourth-order valence-electron chi connectivity index (χ4n) is 1.47. The van der Waals surface area contributed by atoms with E-state index in [0.717, 1.165) is 23.4 Å². The zero-order chi connectivity index (χ0) is 9.26. The highest BCUT2D eigenvalue weighted by atomic mass is 35.5. The summed E-state index contributed by atoms with van der Waals surface area (Å²) < 4.78 is 1.86. The fraction of sp³-hybridized carbons (Fsp3) is 0.300. The molecule has 0 spiro atoms. The summed E-state index contributed by atoms with van der Waals surface area (Å²) in [5.41, 5.74) is 2.39. The Labute approximate surface area is 82.1 Å². The molecule has 0 aliphatic rings. The quantitative estimate of drug-likeness (QED) is 0.719. The number of halogens is 1. The number of fused-ring (bicyclic) bond motifs is 1. The Bertz CT molecular complexity index is 420. The lowest BCUT2D eigenvalue weighted by Gasteiger charge is -1.96. The van der Waals surface area contributed by atoms with E-state index < -0.39 is 0 Å². The Hall–Kier alpha value is -1.02. The molecule has 2 nitrogen and oxygen atoms in total. The number of pyridine rings is 1. The molecule has 0 atom stereocenters. The number of aryl methyl sites for hydroxylation is 1. The number of nitrogens with zero attached hydrogens (tertiary/aromatic N) is 2. The van der Waals surface area contributed by atoms with Crippen molar-refractivity contribution < 1.29 is 0 Å². The minimum absolute atomic E-state index is 0.769.